The Bertz CT molecular complexity index is 243. The van der Waals surface area contributed by atoms with Crippen molar-refractivity contribution in [1.29, 1.82) is 0 Å². The van der Waals surface area contributed by atoms with Gasteiger partial charge < -0.3 is 20.4 Å². The lowest BCUT2D eigenvalue weighted by Crippen LogP contribution is -2.47. The van der Waals surface area contributed by atoms with E-state index in [1.165, 1.54) is 0 Å². The van der Waals surface area contributed by atoms with Gasteiger partial charge in [0.05, 0.1) is 6.54 Å². The Hall–Kier alpha value is -1.30. The molecule has 94 valence electrons. The van der Waals surface area contributed by atoms with Crippen LogP contribution in [0.2, 0.25) is 0 Å². The van der Waals surface area contributed by atoms with Crippen LogP contribution in [0.25, 0.3) is 0 Å². The molecular weight excluding hydrogens is 212 g/mol. The maximum Gasteiger partial charge on any atom is 0.334 e. The lowest BCUT2D eigenvalue weighted by molar-refractivity contribution is -0.146. The predicted molar refractivity (Wildman–Crippen MR) is 59.2 cm³/mol. The number of hydrogen-bond acceptors (Lipinski definition) is 3. The fraction of sp³-hybridized carbons (Fsp3) is 0.800. The van der Waals surface area contributed by atoms with Gasteiger partial charge in [-0.3, -0.25) is 0 Å². The average Bonchev–Trinajstić information content (AvgIpc) is 2.21. The van der Waals surface area contributed by atoms with Crippen molar-refractivity contribution in [2.75, 3.05) is 13.1 Å². The van der Waals surface area contributed by atoms with E-state index in [0.29, 0.717) is 6.54 Å². The summed E-state index contributed by atoms with van der Waals surface area (Å²) in [5.74, 6) is -1.34. The molecule has 1 unspecified atom stereocenters. The van der Waals surface area contributed by atoms with E-state index in [4.69, 9.17) is 10.2 Å². The van der Waals surface area contributed by atoms with Crippen LogP contribution < -0.4 is 5.32 Å². The normalized spacial score (nSPS) is 12.3. The van der Waals surface area contributed by atoms with E-state index in [9.17, 15) is 9.59 Å². The van der Waals surface area contributed by atoms with Crippen molar-refractivity contribution in [2.45, 2.75) is 39.3 Å². The third-order valence-electron chi connectivity index (χ3n) is 2.08. The number of urea groups is 1. The first kappa shape index (κ1) is 14.7. The standard InChI is InChI=1S/C10H20N2O4/c1-4-5-12(7(2)3)10(16)11-6-8(13)9(14)15/h7-8,13H,4-6H2,1-3H3,(H,11,16)(H,14,15). The molecule has 0 spiro atoms. The lowest BCUT2D eigenvalue weighted by Gasteiger charge is -2.26. The first-order valence-corrected chi connectivity index (χ1v) is 5.35. The van der Waals surface area contributed by atoms with E-state index in [1.54, 1.807) is 4.90 Å². The zero-order chi connectivity index (χ0) is 12.7. The second-order valence-electron chi connectivity index (χ2n) is 3.83. The molecule has 16 heavy (non-hydrogen) atoms. The van der Waals surface area contributed by atoms with E-state index in [2.05, 4.69) is 5.32 Å². The van der Waals surface area contributed by atoms with Gasteiger partial charge in [-0.05, 0) is 20.3 Å². The number of nitrogens with zero attached hydrogens (tertiary/aromatic N) is 1. The Kier molecular flexibility index (Phi) is 6.48. The highest BCUT2D eigenvalue weighted by molar-refractivity contribution is 5.77. The first-order valence-electron chi connectivity index (χ1n) is 5.35. The Morgan fingerprint density at radius 2 is 1.94 bits per heavy atom. The zero-order valence-corrected chi connectivity index (χ0v) is 9.93. The van der Waals surface area contributed by atoms with Gasteiger partial charge in [0.1, 0.15) is 0 Å². The van der Waals surface area contributed by atoms with E-state index < -0.39 is 12.1 Å². The summed E-state index contributed by atoms with van der Waals surface area (Å²) in [5, 5.41) is 19.8. The minimum atomic E-state index is -1.56. The number of carboxylic acids is 1. The van der Waals surface area contributed by atoms with Crippen molar-refractivity contribution >= 4 is 12.0 Å². The van der Waals surface area contributed by atoms with Gasteiger partial charge in [0.2, 0.25) is 0 Å². The summed E-state index contributed by atoms with van der Waals surface area (Å²) >= 11 is 0. The van der Waals surface area contributed by atoms with Gasteiger partial charge in [0.25, 0.3) is 0 Å². The van der Waals surface area contributed by atoms with Crippen molar-refractivity contribution in [2.24, 2.45) is 0 Å². The highest BCUT2D eigenvalue weighted by Crippen LogP contribution is 2.00. The second-order valence-corrected chi connectivity index (χ2v) is 3.83. The predicted octanol–water partition coefficient (Wildman–Crippen LogP) is 0.262. The molecule has 0 aromatic carbocycles. The van der Waals surface area contributed by atoms with Crippen molar-refractivity contribution in [3.63, 3.8) is 0 Å². The fourth-order valence-electron chi connectivity index (χ4n) is 1.21. The van der Waals surface area contributed by atoms with Crippen LogP contribution in [0.5, 0.6) is 0 Å². The van der Waals surface area contributed by atoms with E-state index >= 15 is 0 Å². The maximum absolute atomic E-state index is 11.6. The second kappa shape index (κ2) is 7.05. The quantitative estimate of drug-likeness (QED) is 0.613. The van der Waals surface area contributed by atoms with Crippen LogP contribution in [0.1, 0.15) is 27.2 Å². The smallest absolute Gasteiger partial charge is 0.334 e. The molecule has 0 aliphatic rings. The third kappa shape index (κ3) is 4.97. The molecule has 0 saturated heterocycles. The summed E-state index contributed by atoms with van der Waals surface area (Å²) in [6.07, 6.45) is -0.729. The number of rotatable bonds is 6. The average molecular weight is 232 g/mol. The monoisotopic (exact) mass is 232 g/mol. The van der Waals surface area contributed by atoms with Crippen molar-refractivity contribution < 1.29 is 19.8 Å². The Balaban J connectivity index is 4.16. The molecular formula is C10H20N2O4. The number of aliphatic hydroxyl groups excluding tert-OH is 1. The van der Waals surface area contributed by atoms with Gasteiger partial charge in [-0.25, -0.2) is 9.59 Å². The molecule has 1 atom stereocenters. The van der Waals surface area contributed by atoms with Crippen molar-refractivity contribution in [1.82, 2.24) is 10.2 Å². The summed E-state index contributed by atoms with van der Waals surface area (Å²) in [6.45, 7) is 6.04. The zero-order valence-electron chi connectivity index (χ0n) is 9.93. The number of carbonyl (C=O) groups excluding carboxylic acids is 1. The van der Waals surface area contributed by atoms with Crippen LogP contribution in [0, 0.1) is 0 Å². The molecule has 6 nitrogen and oxygen atoms in total. The van der Waals surface area contributed by atoms with Gasteiger partial charge >= 0.3 is 12.0 Å². The maximum atomic E-state index is 11.6. The van der Waals surface area contributed by atoms with Crippen LogP contribution in [-0.2, 0) is 4.79 Å². The highest BCUT2D eigenvalue weighted by Gasteiger charge is 2.18. The molecule has 0 rings (SSSR count). The highest BCUT2D eigenvalue weighted by atomic mass is 16.4. The van der Waals surface area contributed by atoms with Gasteiger partial charge in [0.15, 0.2) is 6.10 Å². The van der Waals surface area contributed by atoms with Crippen molar-refractivity contribution in [3.05, 3.63) is 0 Å². The van der Waals surface area contributed by atoms with Gasteiger partial charge in [0, 0.05) is 12.6 Å². The Morgan fingerprint density at radius 3 is 2.31 bits per heavy atom. The van der Waals surface area contributed by atoms with Crippen LogP contribution in [0.3, 0.4) is 0 Å². The molecule has 0 aliphatic heterocycles. The SMILES string of the molecule is CCCN(C(=O)NCC(O)C(=O)O)C(C)C. The lowest BCUT2D eigenvalue weighted by atomic mass is 10.3. The van der Waals surface area contributed by atoms with Gasteiger partial charge in [-0.1, -0.05) is 6.92 Å². The number of nitrogens with one attached hydrogen (secondary N) is 1. The van der Waals surface area contributed by atoms with Crippen LogP contribution >= 0.6 is 0 Å². The van der Waals surface area contributed by atoms with Gasteiger partial charge in [-0.2, -0.15) is 0 Å². The molecule has 0 fully saturated rings. The number of carboxylic acid groups (broad SMARTS) is 1. The van der Waals surface area contributed by atoms with Crippen LogP contribution in [0.4, 0.5) is 4.79 Å². The Labute approximate surface area is 95.2 Å². The molecule has 0 heterocycles. The summed E-state index contributed by atoms with van der Waals surface area (Å²) < 4.78 is 0. The van der Waals surface area contributed by atoms with Crippen LogP contribution in [0.15, 0.2) is 0 Å². The molecule has 0 aromatic heterocycles. The molecule has 0 saturated carbocycles. The Morgan fingerprint density at radius 1 is 1.38 bits per heavy atom. The summed E-state index contributed by atoms with van der Waals surface area (Å²) in [5.41, 5.74) is 0. The number of aliphatic carboxylic acids is 1. The van der Waals surface area contributed by atoms with Crippen LogP contribution in [-0.4, -0.2) is 52.3 Å². The molecule has 6 heteroatoms. The molecule has 0 bridgehead atoms. The van der Waals surface area contributed by atoms with Crippen molar-refractivity contribution in [3.8, 4) is 0 Å². The number of amides is 2. The topological polar surface area (TPSA) is 89.9 Å². The molecule has 0 aromatic rings. The van der Waals surface area contributed by atoms with E-state index in [1.807, 2.05) is 20.8 Å². The minimum Gasteiger partial charge on any atom is -0.479 e. The first-order chi connectivity index (χ1) is 7.40. The fourth-order valence-corrected chi connectivity index (χ4v) is 1.21. The van der Waals surface area contributed by atoms with E-state index in [0.717, 1.165) is 6.42 Å². The number of carbonyl (C=O) groups is 2. The summed E-state index contributed by atoms with van der Waals surface area (Å²) in [7, 11) is 0. The minimum absolute atomic E-state index is 0.0434. The molecule has 2 amide bonds. The van der Waals surface area contributed by atoms with E-state index in [-0.39, 0.29) is 18.6 Å². The molecule has 3 N–H and O–H groups in total. The summed E-state index contributed by atoms with van der Waals surface area (Å²) in [4.78, 5) is 23.5. The summed E-state index contributed by atoms with van der Waals surface area (Å²) in [6, 6.07) is -0.306. The molecule has 0 radical (unpaired) electrons. The largest absolute Gasteiger partial charge is 0.479 e. The van der Waals surface area contributed by atoms with Gasteiger partial charge in [-0.15, -0.1) is 0 Å². The number of hydrogen-bond donors (Lipinski definition) is 3. The number of aliphatic hydroxyl groups is 1. The molecule has 0 aliphatic carbocycles. The third-order valence-corrected chi connectivity index (χ3v) is 2.08.